The molecule has 1 aliphatic carbocycles. The van der Waals surface area contributed by atoms with Crippen molar-refractivity contribution < 1.29 is 4.84 Å². The Labute approximate surface area is 117 Å². The van der Waals surface area contributed by atoms with Crippen LogP contribution in [0.15, 0.2) is 35.5 Å². The molecular weight excluding hydrogens is 290 g/mol. The molecule has 0 N–H and O–H groups in total. The normalized spacial score (nSPS) is 31.2. The molecule has 1 fully saturated rings. The number of alkyl halides is 1. The average molecular weight is 308 g/mol. The van der Waals surface area contributed by atoms with E-state index < -0.39 is 0 Å². The van der Waals surface area contributed by atoms with Crippen molar-refractivity contribution in [3.63, 3.8) is 0 Å². The van der Waals surface area contributed by atoms with E-state index in [0.29, 0.717) is 17.9 Å². The maximum Gasteiger partial charge on any atom is 0.131 e. The zero-order valence-corrected chi connectivity index (χ0v) is 12.0. The molecule has 1 aromatic carbocycles. The Kier molecular flexibility index (Phi) is 3.69. The minimum Gasteiger partial charge on any atom is -0.392 e. The Hall–Kier alpha value is -0.830. The number of rotatable bonds is 2. The molecule has 0 saturated heterocycles. The predicted molar refractivity (Wildman–Crippen MR) is 77.2 cm³/mol. The van der Waals surface area contributed by atoms with Gasteiger partial charge in [-0.05, 0) is 24.8 Å². The summed E-state index contributed by atoms with van der Waals surface area (Å²) in [5.74, 6) is 1.04. The van der Waals surface area contributed by atoms with E-state index in [2.05, 4.69) is 51.4 Å². The quantitative estimate of drug-likeness (QED) is 0.753. The Bertz CT molecular complexity index is 431. The fourth-order valence-corrected chi connectivity index (χ4v) is 3.74. The van der Waals surface area contributed by atoms with Crippen LogP contribution in [-0.2, 0) is 4.84 Å². The van der Waals surface area contributed by atoms with Crippen molar-refractivity contribution in [3.05, 3.63) is 35.9 Å². The summed E-state index contributed by atoms with van der Waals surface area (Å²) in [6.45, 7) is 0. The molecule has 0 aromatic heterocycles. The highest BCUT2D eigenvalue weighted by molar-refractivity contribution is 9.09. The van der Waals surface area contributed by atoms with E-state index in [0.717, 1.165) is 17.5 Å². The summed E-state index contributed by atoms with van der Waals surface area (Å²) < 4.78 is 0. The van der Waals surface area contributed by atoms with Crippen LogP contribution in [0.4, 0.5) is 0 Å². The number of fused-ring (bicyclic) bond motifs is 1. The largest absolute Gasteiger partial charge is 0.392 e. The van der Waals surface area contributed by atoms with Gasteiger partial charge in [0, 0.05) is 17.2 Å². The highest BCUT2D eigenvalue weighted by Crippen LogP contribution is 2.41. The molecule has 18 heavy (non-hydrogen) atoms. The molecule has 1 aromatic rings. The molecular formula is C15H18BrNO. The van der Waals surface area contributed by atoms with Crippen LogP contribution in [-0.4, -0.2) is 17.1 Å². The van der Waals surface area contributed by atoms with Gasteiger partial charge in [0.05, 0.1) is 5.71 Å². The van der Waals surface area contributed by atoms with E-state index in [1.165, 1.54) is 24.8 Å². The lowest BCUT2D eigenvalue weighted by Gasteiger charge is -2.39. The second-order valence-corrected chi connectivity index (χ2v) is 5.76. The van der Waals surface area contributed by atoms with Gasteiger partial charge in [-0.3, -0.25) is 0 Å². The van der Waals surface area contributed by atoms with Crippen LogP contribution in [0.25, 0.3) is 0 Å². The van der Waals surface area contributed by atoms with Gasteiger partial charge in [0.2, 0.25) is 0 Å². The molecule has 96 valence electrons. The van der Waals surface area contributed by atoms with Crippen molar-refractivity contribution in [2.75, 3.05) is 5.33 Å². The van der Waals surface area contributed by atoms with Gasteiger partial charge >= 0.3 is 0 Å². The first kappa shape index (κ1) is 12.2. The summed E-state index contributed by atoms with van der Waals surface area (Å²) in [5, 5.41) is 5.16. The Morgan fingerprint density at radius 1 is 1.17 bits per heavy atom. The van der Waals surface area contributed by atoms with Crippen molar-refractivity contribution >= 4 is 21.6 Å². The number of halogens is 1. The summed E-state index contributed by atoms with van der Waals surface area (Å²) in [7, 11) is 0. The molecule has 0 amide bonds. The average Bonchev–Trinajstić information content (AvgIpc) is 2.47. The molecule has 0 spiro atoms. The van der Waals surface area contributed by atoms with Gasteiger partial charge in [-0.2, -0.15) is 0 Å². The summed E-state index contributed by atoms with van der Waals surface area (Å²) in [6.07, 6.45) is 5.35. The van der Waals surface area contributed by atoms with E-state index in [4.69, 9.17) is 4.84 Å². The van der Waals surface area contributed by atoms with Crippen LogP contribution >= 0.6 is 15.9 Å². The Balaban J connectivity index is 1.96. The number of oxime groups is 1. The zero-order chi connectivity index (χ0) is 12.4. The number of hydrogen-bond acceptors (Lipinski definition) is 2. The fraction of sp³-hybridized carbons (Fsp3) is 0.533. The van der Waals surface area contributed by atoms with Gasteiger partial charge in [0.15, 0.2) is 0 Å². The van der Waals surface area contributed by atoms with Crippen LogP contribution in [0.1, 0.15) is 37.2 Å². The Morgan fingerprint density at radius 3 is 2.72 bits per heavy atom. The molecule has 1 saturated carbocycles. The lowest BCUT2D eigenvalue weighted by molar-refractivity contribution is -0.0245. The van der Waals surface area contributed by atoms with Crippen molar-refractivity contribution in [3.8, 4) is 0 Å². The van der Waals surface area contributed by atoms with Crippen LogP contribution in [0.2, 0.25) is 0 Å². The van der Waals surface area contributed by atoms with Gasteiger partial charge in [-0.25, -0.2) is 0 Å². The van der Waals surface area contributed by atoms with Gasteiger partial charge in [0.1, 0.15) is 6.10 Å². The van der Waals surface area contributed by atoms with Crippen LogP contribution in [0, 0.1) is 5.92 Å². The third-order valence-electron chi connectivity index (χ3n) is 4.14. The minimum absolute atomic E-state index is 0.326. The summed E-state index contributed by atoms with van der Waals surface area (Å²) in [5.41, 5.74) is 2.53. The summed E-state index contributed by atoms with van der Waals surface area (Å²) in [4.78, 5) is 5.70. The van der Waals surface area contributed by atoms with Crippen LogP contribution < -0.4 is 0 Å². The van der Waals surface area contributed by atoms with Gasteiger partial charge in [0.25, 0.3) is 0 Å². The molecule has 3 heteroatoms. The maximum absolute atomic E-state index is 5.70. The van der Waals surface area contributed by atoms with Crippen molar-refractivity contribution in [1.29, 1.82) is 0 Å². The first-order valence-corrected chi connectivity index (χ1v) is 7.86. The SMILES string of the molecule is BrCC1=NO[C@@H]2CCCC[C@@H]2[C@H]1c1ccccc1. The lowest BCUT2D eigenvalue weighted by Crippen LogP contribution is -2.39. The lowest BCUT2D eigenvalue weighted by atomic mass is 9.72. The monoisotopic (exact) mass is 307 g/mol. The summed E-state index contributed by atoms with van der Waals surface area (Å²) in [6, 6.07) is 10.8. The van der Waals surface area contributed by atoms with E-state index in [1.807, 2.05) is 0 Å². The second-order valence-electron chi connectivity index (χ2n) is 5.20. The topological polar surface area (TPSA) is 21.6 Å². The molecule has 3 atom stereocenters. The van der Waals surface area contributed by atoms with Crippen molar-refractivity contribution in [1.82, 2.24) is 0 Å². The maximum atomic E-state index is 5.70. The third-order valence-corrected chi connectivity index (χ3v) is 4.72. The van der Waals surface area contributed by atoms with Crippen LogP contribution in [0.3, 0.4) is 0 Å². The smallest absolute Gasteiger partial charge is 0.131 e. The molecule has 2 nitrogen and oxygen atoms in total. The molecule has 1 heterocycles. The molecule has 0 bridgehead atoms. The molecule has 3 rings (SSSR count). The molecule has 1 aliphatic heterocycles. The third kappa shape index (κ3) is 2.20. The first-order valence-electron chi connectivity index (χ1n) is 6.73. The van der Waals surface area contributed by atoms with Crippen molar-refractivity contribution in [2.24, 2.45) is 11.1 Å². The number of benzene rings is 1. The Morgan fingerprint density at radius 2 is 1.94 bits per heavy atom. The van der Waals surface area contributed by atoms with Gasteiger partial charge in [-0.15, -0.1) is 0 Å². The molecule has 2 aliphatic rings. The van der Waals surface area contributed by atoms with Crippen LogP contribution in [0.5, 0.6) is 0 Å². The minimum atomic E-state index is 0.326. The van der Waals surface area contributed by atoms with E-state index in [1.54, 1.807) is 0 Å². The standard InChI is InChI=1S/C15H18BrNO/c16-10-13-15(11-6-2-1-3-7-11)12-8-4-5-9-14(12)18-17-13/h1-3,6-7,12,14-15H,4-5,8-10H2/t12-,14+,15+/m0/s1. The van der Waals surface area contributed by atoms with E-state index in [9.17, 15) is 0 Å². The molecule has 0 radical (unpaired) electrons. The number of hydrogen-bond donors (Lipinski definition) is 0. The van der Waals surface area contributed by atoms with E-state index in [-0.39, 0.29) is 0 Å². The highest BCUT2D eigenvalue weighted by atomic mass is 79.9. The summed E-state index contributed by atoms with van der Waals surface area (Å²) >= 11 is 3.55. The second kappa shape index (κ2) is 5.43. The van der Waals surface area contributed by atoms with Crippen molar-refractivity contribution in [2.45, 2.75) is 37.7 Å². The first-order chi connectivity index (χ1) is 8.90. The van der Waals surface area contributed by atoms with E-state index >= 15 is 0 Å². The molecule has 0 unspecified atom stereocenters. The van der Waals surface area contributed by atoms with Gasteiger partial charge in [-0.1, -0.05) is 57.8 Å². The van der Waals surface area contributed by atoms with Gasteiger partial charge < -0.3 is 4.84 Å². The fourth-order valence-electron chi connectivity index (χ4n) is 3.28. The predicted octanol–water partition coefficient (Wildman–Crippen LogP) is 4.11. The zero-order valence-electron chi connectivity index (χ0n) is 10.4. The highest BCUT2D eigenvalue weighted by Gasteiger charge is 2.39. The number of nitrogens with zero attached hydrogens (tertiary/aromatic N) is 1.